The third kappa shape index (κ3) is 4.35. The van der Waals surface area contributed by atoms with Crippen molar-refractivity contribution in [3.05, 3.63) is 52.6 Å². The van der Waals surface area contributed by atoms with E-state index in [0.29, 0.717) is 30.3 Å². The number of benzene rings is 1. The average molecular weight is 435 g/mol. The van der Waals surface area contributed by atoms with Crippen molar-refractivity contribution in [3.8, 4) is 0 Å². The van der Waals surface area contributed by atoms with E-state index in [4.69, 9.17) is 4.74 Å². The van der Waals surface area contributed by atoms with E-state index >= 15 is 0 Å². The number of carbonyl (C=O) groups is 1. The van der Waals surface area contributed by atoms with E-state index in [9.17, 15) is 4.79 Å². The van der Waals surface area contributed by atoms with Gasteiger partial charge in [-0.25, -0.2) is 4.79 Å². The van der Waals surface area contributed by atoms with Crippen LogP contribution in [0, 0.1) is 23.7 Å². The summed E-state index contributed by atoms with van der Waals surface area (Å²) < 4.78 is 5.57. The van der Waals surface area contributed by atoms with Crippen LogP contribution in [0.4, 0.5) is 0 Å². The Morgan fingerprint density at radius 1 is 0.812 bits per heavy atom. The van der Waals surface area contributed by atoms with Gasteiger partial charge in [0.25, 0.3) is 0 Å². The van der Waals surface area contributed by atoms with Crippen LogP contribution in [0.3, 0.4) is 0 Å². The molecular formula is C30H42O2. The molecule has 0 saturated heterocycles. The van der Waals surface area contributed by atoms with E-state index in [1.165, 1.54) is 81.8 Å². The van der Waals surface area contributed by atoms with Gasteiger partial charge in [-0.3, -0.25) is 0 Å². The first kappa shape index (κ1) is 23.3. The van der Waals surface area contributed by atoms with Crippen LogP contribution in [0.25, 0.3) is 5.57 Å². The first-order valence-electron chi connectivity index (χ1n) is 13.4. The lowest BCUT2D eigenvalue weighted by atomic mass is 9.57. The van der Waals surface area contributed by atoms with Crippen molar-refractivity contribution in [2.45, 2.75) is 91.4 Å². The van der Waals surface area contributed by atoms with Gasteiger partial charge in [0.1, 0.15) is 0 Å². The summed E-state index contributed by atoms with van der Waals surface area (Å²) in [6.45, 7) is 6.96. The summed E-state index contributed by atoms with van der Waals surface area (Å²) in [5.74, 6) is 2.10. The molecule has 4 rings (SSSR count). The minimum Gasteiger partial charge on any atom is -0.463 e. The van der Waals surface area contributed by atoms with Crippen molar-refractivity contribution >= 4 is 11.5 Å². The van der Waals surface area contributed by atoms with Crippen LogP contribution in [0.5, 0.6) is 0 Å². The van der Waals surface area contributed by atoms with Gasteiger partial charge < -0.3 is 4.74 Å². The molecule has 0 unspecified atom stereocenters. The summed E-state index contributed by atoms with van der Waals surface area (Å²) in [5.41, 5.74) is 7.08. The Morgan fingerprint density at radius 2 is 1.41 bits per heavy atom. The molecule has 3 aliphatic rings. The minimum atomic E-state index is -0.0602. The second-order valence-corrected chi connectivity index (χ2v) is 10.1. The monoisotopic (exact) mass is 434 g/mol. The molecule has 0 aromatic heterocycles. The lowest BCUT2D eigenvalue weighted by molar-refractivity contribution is -0.139. The van der Waals surface area contributed by atoms with Crippen molar-refractivity contribution in [3.63, 3.8) is 0 Å². The molecule has 2 heteroatoms. The number of rotatable bonds is 13. The topological polar surface area (TPSA) is 26.3 Å². The molecule has 2 bridgehead atoms. The molecule has 1 aromatic carbocycles. The molecule has 0 aliphatic heterocycles. The number of hydrogen-bond acceptors (Lipinski definition) is 2. The normalized spacial score (nSPS) is 25.8. The van der Waals surface area contributed by atoms with E-state index in [2.05, 4.69) is 44.2 Å². The highest BCUT2D eigenvalue weighted by atomic mass is 16.5. The van der Waals surface area contributed by atoms with Gasteiger partial charge in [0, 0.05) is 11.5 Å². The zero-order chi connectivity index (χ0) is 22.5. The Bertz CT molecular complexity index is 847. The Balaban J connectivity index is 1.61. The number of unbranched alkanes of at least 4 members (excludes halogenated alkanes) is 6. The standard InChI is InChI=1S/C30H42O2/c1-4-7-9-14-18-22-23(19-15-10-8-5-2)25-20-24(22)27-26(21-16-12-11-13-17-21)29(28(25)27)30(31)32-6-3/h11-13,16-17,24-25,27-28H,4-10,14-15,18-20H2,1-3H3/t24-,25+,27+,28+/m1/s1. The molecule has 3 aliphatic carbocycles. The van der Waals surface area contributed by atoms with Crippen LogP contribution in [-0.2, 0) is 9.53 Å². The fourth-order valence-electron chi connectivity index (χ4n) is 6.88. The van der Waals surface area contributed by atoms with Crippen molar-refractivity contribution in [2.75, 3.05) is 6.61 Å². The van der Waals surface area contributed by atoms with Gasteiger partial charge in [0.05, 0.1) is 6.61 Å². The maximum absolute atomic E-state index is 13.1. The number of hydrogen-bond donors (Lipinski definition) is 0. The summed E-state index contributed by atoms with van der Waals surface area (Å²) in [7, 11) is 0. The molecule has 1 aromatic rings. The smallest absolute Gasteiger partial charge is 0.334 e. The number of esters is 1. The third-order valence-electron chi connectivity index (χ3n) is 8.21. The molecule has 1 saturated carbocycles. The highest BCUT2D eigenvalue weighted by Gasteiger charge is 2.61. The van der Waals surface area contributed by atoms with Gasteiger partial charge in [-0.2, -0.15) is 0 Å². The van der Waals surface area contributed by atoms with Crippen LogP contribution < -0.4 is 0 Å². The van der Waals surface area contributed by atoms with Crippen molar-refractivity contribution in [1.82, 2.24) is 0 Å². The lowest BCUT2D eigenvalue weighted by Crippen LogP contribution is -2.40. The minimum absolute atomic E-state index is 0.0602. The van der Waals surface area contributed by atoms with Gasteiger partial charge in [-0.15, -0.1) is 0 Å². The van der Waals surface area contributed by atoms with Crippen molar-refractivity contribution < 1.29 is 9.53 Å². The maximum atomic E-state index is 13.1. The summed E-state index contributed by atoms with van der Waals surface area (Å²) in [6, 6.07) is 10.7. The van der Waals surface area contributed by atoms with Crippen molar-refractivity contribution in [1.29, 1.82) is 0 Å². The largest absolute Gasteiger partial charge is 0.463 e. The van der Waals surface area contributed by atoms with E-state index in [1.54, 1.807) is 11.1 Å². The molecule has 0 radical (unpaired) electrons. The van der Waals surface area contributed by atoms with E-state index in [-0.39, 0.29) is 5.97 Å². The fourth-order valence-corrected chi connectivity index (χ4v) is 6.88. The predicted octanol–water partition coefficient (Wildman–Crippen LogP) is 8.14. The van der Waals surface area contributed by atoms with Crippen LogP contribution in [0.1, 0.15) is 97.0 Å². The van der Waals surface area contributed by atoms with Crippen LogP contribution >= 0.6 is 0 Å². The van der Waals surface area contributed by atoms with Crippen LogP contribution in [-0.4, -0.2) is 12.6 Å². The van der Waals surface area contributed by atoms with Crippen molar-refractivity contribution in [2.24, 2.45) is 23.7 Å². The third-order valence-corrected chi connectivity index (χ3v) is 8.21. The SMILES string of the molecule is CCCCCCC1=C(CCCCCC)[C@@H]2C[C@H]1[C@H]1C(c3ccccc3)=C(C(=O)OCC)[C@H]12. The first-order chi connectivity index (χ1) is 15.7. The Labute approximate surface area is 195 Å². The summed E-state index contributed by atoms with van der Waals surface area (Å²) in [5, 5.41) is 0. The molecule has 1 fully saturated rings. The Hall–Kier alpha value is -1.83. The summed E-state index contributed by atoms with van der Waals surface area (Å²) in [4.78, 5) is 13.1. The molecule has 0 amide bonds. The predicted molar refractivity (Wildman–Crippen MR) is 133 cm³/mol. The molecule has 0 N–H and O–H groups in total. The van der Waals surface area contributed by atoms with Gasteiger partial charge in [-0.05, 0) is 67.9 Å². The van der Waals surface area contributed by atoms with Gasteiger partial charge in [-0.1, -0.05) is 93.9 Å². The van der Waals surface area contributed by atoms with Gasteiger partial charge in [0.2, 0.25) is 0 Å². The highest BCUT2D eigenvalue weighted by molar-refractivity contribution is 6.03. The Morgan fingerprint density at radius 3 is 1.97 bits per heavy atom. The van der Waals surface area contributed by atoms with Gasteiger partial charge >= 0.3 is 5.97 Å². The molecule has 0 heterocycles. The van der Waals surface area contributed by atoms with Crippen LogP contribution in [0.15, 0.2) is 47.1 Å². The average Bonchev–Trinajstić information content (AvgIpc) is 3.27. The molecule has 2 nitrogen and oxygen atoms in total. The number of fused-ring (bicyclic) bond motifs is 5. The van der Waals surface area contributed by atoms with E-state index in [0.717, 1.165) is 5.57 Å². The molecule has 174 valence electrons. The molecule has 4 atom stereocenters. The maximum Gasteiger partial charge on any atom is 0.334 e. The second kappa shape index (κ2) is 10.9. The zero-order valence-corrected chi connectivity index (χ0v) is 20.5. The highest BCUT2D eigenvalue weighted by Crippen LogP contribution is 2.68. The van der Waals surface area contributed by atoms with E-state index in [1.807, 2.05) is 6.92 Å². The molecular weight excluding hydrogens is 392 g/mol. The number of allylic oxidation sites excluding steroid dienone is 3. The lowest BCUT2D eigenvalue weighted by Gasteiger charge is -2.45. The number of carbonyl (C=O) groups excluding carboxylic acids is 1. The molecule has 32 heavy (non-hydrogen) atoms. The molecule has 0 spiro atoms. The Kier molecular flexibility index (Phi) is 7.92. The van der Waals surface area contributed by atoms with Gasteiger partial charge in [0.15, 0.2) is 0 Å². The quantitative estimate of drug-likeness (QED) is 0.178. The zero-order valence-electron chi connectivity index (χ0n) is 20.5. The number of ether oxygens (including phenoxy) is 1. The van der Waals surface area contributed by atoms with E-state index < -0.39 is 0 Å². The first-order valence-corrected chi connectivity index (χ1v) is 13.4. The fraction of sp³-hybridized carbons (Fsp3) is 0.633. The van der Waals surface area contributed by atoms with Crippen LogP contribution in [0.2, 0.25) is 0 Å². The summed E-state index contributed by atoms with van der Waals surface area (Å²) in [6.07, 6.45) is 14.4. The summed E-state index contributed by atoms with van der Waals surface area (Å²) >= 11 is 0. The second-order valence-electron chi connectivity index (χ2n) is 10.1.